The molecule has 0 radical (unpaired) electrons. The smallest absolute Gasteiger partial charge is 0.264 e. The van der Waals surface area contributed by atoms with Crippen molar-refractivity contribution < 1.29 is 23.5 Å². The Kier molecular flexibility index (Phi) is 11.4. The van der Waals surface area contributed by atoms with Crippen molar-refractivity contribution >= 4 is 31.6 Å². The first-order chi connectivity index (χ1) is 22.9. The second kappa shape index (κ2) is 15.2. The molecule has 0 aliphatic carbocycles. The van der Waals surface area contributed by atoms with Gasteiger partial charge >= 0.3 is 0 Å². The lowest BCUT2D eigenvalue weighted by molar-refractivity contribution is -0.145. The fourth-order valence-electron chi connectivity index (χ4n) is 7.96. The van der Waals surface area contributed by atoms with Gasteiger partial charge in [-0.2, -0.15) is 0 Å². The predicted molar refractivity (Wildman–Crippen MR) is 190 cm³/mol. The Bertz CT molecular complexity index is 1530. The van der Waals surface area contributed by atoms with Gasteiger partial charge in [0.2, 0.25) is 14.3 Å². The van der Waals surface area contributed by atoms with E-state index in [2.05, 4.69) is 43.2 Å². The van der Waals surface area contributed by atoms with Gasteiger partial charge in [0.25, 0.3) is 5.91 Å². The zero-order valence-corrected chi connectivity index (χ0v) is 30.7. The molecule has 9 nitrogen and oxygen atoms in total. The van der Waals surface area contributed by atoms with E-state index in [0.717, 1.165) is 55.5 Å². The van der Waals surface area contributed by atoms with Crippen LogP contribution in [-0.4, -0.2) is 66.1 Å². The largest absolute Gasteiger partial charge is 0.396 e. The zero-order chi connectivity index (χ0) is 34.6. The van der Waals surface area contributed by atoms with Gasteiger partial charge in [0.05, 0.1) is 17.5 Å². The van der Waals surface area contributed by atoms with Crippen molar-refractivity contribution in [1.82, 2.24) is 15.0 Å². The minimum atomic E-state index is -3.35. The van der Waals surface area contributed by atoms with E-state index in [1.54, 1.807) is 28.9 Å². The highest BCUT2D eigenvalue weighted by atomic mass is 28.4. The minimum Gasteiger partial charge on any atom is -0.396 e. The van der Waals surface area contributed by atoms with Crippen molar-refractivity contribution in [2.45, 2.75) is 122 Å². The molecule has 1 spiro atoms. The van der Waals surface area contributed by atoms with E-state index < -0.39 is 31.6 Å². The van der Waals surface area contributed by atoms with Gasteiger partial charge in [0, 0.05) is 68.0 Å². The Morgan fingerprint density at radius 3 is 2.65 bits per heavy atom. The number of aromatic nitrogens is 3. The highest BCUT2D eigenvalue weighted by Crippen LogP contribution is 2.60. The number of benzene rings is 1. The molecule has 2 saturated heterocycles. The SMILES string of the molecule is CC(C)=CCC/C(C)=C/CN1C(=O)[C@@]2(O[C@@H](CCn3cc(CCO)nn3)[C@H]([Si](C)(C)F)[C@H]2C)c2cc(N3CCCCCCC3=O)ccc21. The summed E-state index contributed by atoms with van der Waals surface area (Å²) in [5, 5.41) is 17.6. The number of aliphatic hydroxyl groups excluding tert-OH is 1. The van der Waals surface area contributed by atoms with Gasteiger partial charge in [0.15, 0.2) is 5.60 Å². The average Bonchev–Trinajstić information content (AvgIpc) is 3.66. The van der Waals surface area contributed by atoms with Crippen LogP contribution in [0.4, 0.5) is 15.5 Å². The molecule has 2 fully saturated rings. The molecule has 0 saturated carbocycles. The summed E-state index contributed by atoms with van der Waals surface area (Å²) in [6, 6.07) is 5.91. The Labute approximate surface area is 286 Å². The van der Waals surface area contributed by atoms with E-state index in [4.69, 9.17) is 4.74 Å². The van der Waals surface area contributed by atoms with Gasteiger partial charge in [0.1, 0.15) is 0 Å². The lowest BCUT2D eigenvalue weighted by Crippen LogP contribution is -2.45. The molecule has 5 rings (SSSR count). The maximum atomic E-state index is 16.4. The molecule has 262 valence electrons. The molecule has 4 atom stereocenters. The summed E-state index contributed by atoms with van der Waals surface area (Å²) in [7, 11) is -3.35. The third kappa shape index (κ3) is 7.53. The number of fused-ring (bicyclic) bond motifs is 2. The number of hydrogen-bond donors (Lipinski definition) is 1. The van der Waals surface area contributed by atoms with Gasteiger partial charge < -0.3 is 23.8 Å². The number of ether oxygens (including phenoxy) is 1. The number of aliphatic hydroxyl groups is 1. The van der Waals surface area contributed by atoms with E-state index in [1.807, 2.05) is 30.0 Å². The second-order valence-corrected chi connectivity index (χ2v) is 18.5. The summed E-state index contributed by atoms with van der Waals surface area (Å²) in [6.07, 6.45) is 12.8. The fraction of sp³-hybridized carbons (Fsp3) is 0.622. The van der Waals surface area contributed by atoms with Crippen LogP contribution in [0.15, 0.2) is 47.7 Å². The number of carbonyl (C=O) groups is 2. The average molecular weight is 680 g/mol. The normalized spacial score (nSPS) is 25.1. The first kappa shape index (κ1) is 36.1. The summed E-state index contributed by atoms with van der Waals surface area (Å²) >= 11 is 0. The van der Waals surface area contributed by atoms with Crippen LogP contribution in [0.2, 0.25) is 18.6 Å². The number of rotatable bonds is 12. The number of carbonyl (C=O) groups excluding carboxylic acids is 2. The molecule has 0 unspecified atom stereocenters. The first-order valence-electron chi connectivity index (χ1n) is 17.8. The topological polar surface area (TPSA) is 101 Å². The highest BCUT2D eigenvalue weighted by molar-refractivity contribution is 6.72. The first-order valence-corrected chi connectivity index (χ1v) is 20.7. The van der Waals surface area contributed by atoms with Gasteiger partial charge in [-0.1, -0.05) is 48.3 Å². The van der Waals surface area contributed by atoms with Crippen molar-refractivity contribution in [3.8, 4) is 0 Å². The molecule has 3 aliphatic rings. The molecular formula is C37H54FN5O4Si. The number of aryl methyl sites for hydroxylation is 1. The minimum absolute atomic E-state index is 0.0125. The lowest BCUT2D eigenvalue weighted by Gasteiger charge is -2.31. The number of allylic oxidation sites excluding steroid dienone is 3. The highest BCUT2D eigenvalue weighted by Gasteiger charge is 2.66. The number of anilines is 2. The Morgan fingerprint density at radius 2 is 1.92 bits per heavy atom. The Morgan fingerprint density at radius 1 is 1.15 bits per heavy atom. The summed E-state index contributed by atoms with van der Waals surface area (Å²) in [4.78, 5) is 31.8. The monoisotopic (exact) mass is 679 g/mol. The summed E-state index contributed by atoms with van der Waals surface area (Å²) < 4.78 is 25.1. The lowest BCUT2D eigenvalue weighted by atomic mass is 9.82. The van der Waals surface area contributed by atoms with E-state index in [1.165, 1.54) is 11.1 Å². The second-order valence-electron chi connectivity index (χ2n) is 14.7. The van der Waals surface area contributed by atoms with Gasteiger partial charge in [-0.3, -0.25) is 14.3 Å². The fourth-order valence-corrected chi connectivity index (χ4v) is 10.5. The standard InChI is InChI=1S/C37H54FN5O4Si/c1-26(2)12-11-13-27(3)17-22-43-32-16-15-30(42-20-10-8-7-9-14-34(42)45)24-31(32)37(36(43)46)28(4)35(48(5,6)38)33(47-37)18-21-41-25-29(19-23-44)39-40-41/h12,15-17,24-25,28,33,35,44H,7-11,13-14,18-23H2,1-6H3/b27-17+/t28-,33+,35-,37+/m1/s1. The van der Waals surface area contributed by atoms with Crippen LogP contribution in [0.5, 0.6) is 0 Å². The zero-order valence-electron chi connectivity index (χ0n) is 29.7. The van der Waals surface area contributed by atoms with Gasteiger partial charge in [-0.25, -0.2) is 0 Å². The van der Waals surface area contributed by atoms with Gasteiger partial charge in [-0.05, 0) is 84.2 Å². The summed E-state index contributed by atoms with van der Waals surface area (Å²) in [6.45, 7) is 13.2. The molecule has 1 aromatic carbocycles. The molecule has 48 heavy (non-hydrogen) atoms. The van der Waals surface area contributed by atoms with Crippen LogP contribution >= 0.6 is 0 Å². The van der Waals surface area contributed by atoms with Crippen molar-refractivity contribution in [2.75, 3.05) is 29.5 Å². The van der Waals surface area contributed by atoms with Crippen LogP contribution in [0.1, 0.15) is 90.3 Å². The van der Waals surface area contributed by atoms with Crippen LogP contribution in [0.25, 0.3) is 0 Å². The number of nitrogens with zero attached hydrogens (tertiary/aromatic N) is 5. The molecule has 11 heteroatoms. The molecule has 0 bridgehead atoms. The molecule has 4 heterocycles. The molecule has 2 aromatic rings. The van der Waals surface area contributed by atoms with E-state index in [0.29, 0.717) is 44.6 Å². The van der Waals surface area contributed by atoms with Gasteiger partial charge in [-0.15, -0.1) is 5.10 Å². The molecule has 2 amide bonds. The van der Waals surface area contributed by atoms with Crippen molar-refractivity contribution in [3.63, 3.8) is 0 Å². The number of hydrogen-bond acceptors (Lipinski definition) is 6. The summed E-state index contributed by atoms with van der Waals surface area (Å²) in [5.41, 5.74) is 3.65. The third-order valence-corrected chi connectivity index (χ3v) is 12.8. The van der Waals surface area contributed by atoms with Crippen molar-refractivity contribution in [2.24, 2.45) is 5.92 Å². The Hall–Kier alpha value is -3.15. The molecule has 3 aliphatic heterocycles. The number of amides is 2. The number of halogens is 1. The maximum Gasteiger partial charge on any atom is 0.264 e. The van der Waals surface area contributed by atoms with Crippen LogP contribution in [0, 0.1) is 5.92 Å². The third-order valence-electron chi connectivity index (χ3n) is 10.4. The molecular weight excluding hydrogens is 626 g/mol. The van der Waals surface area contributed by atoms with E-state index in [-0.39, 0.29) is 18.4 Å². The molecule has 1 aromatic heterocycles. The van der Waals surface area contributed by atoms with Crippen molar-refractivity contribution in [1.29, 1.82) is 0 Å². The van der Waals surface area contributed by atoms with Crippen LogP contribution in [-0.2, 0) is 32.9 Å². The van der Waals surface area contributed by atoms with Crippen LogP contribution in [0.3, 0.4) is 0 Å². The van der Waals surface area contributed by atoms with Crippen molar-refractivity contribution in [3.05, 3.63) is 59.0 Å². The van der Waals surface area contributed by atoms with E-state index >= 15 is 4.11 Å². The van der Waals surface area contributed by atoms with E-state index in [9.17, 15) is 14.7 Å². The predicted octanol–water partition coefficient (Wildman–Crippen LogP) is 7.01. The molecule has 1 N–H and O–H groups in total. The summed E-state index contributed by atoms with van der Waals surface area (Å²) in [5.74, 6) is -0.486. The quantitative estimate of drug-likeness (QED) is 0.147. The maximum absolute atomic E-state index is 16.4. The Balaban J connectivity index is 1.53. The van der Waals surface area contributed by atoms with Crippen LogP contribution < -0.4 is 9.80 Å².